The lowest BCUT2D eigenvalue weighted by Crippen LogP contribution is -2.09. The van der Waals surface area contributed by atoms with Gasteiger partial charge in [0.2, 0.25) is 0 Å². The van der Waals surface area contributed by atoms with E-state index in [1.54, 1.807) is 0 Å². The molecule has 2 aromatic heterocycles. The second kappa shape index (κ2) is 13.3. The molecule has 0 fully saturated rings. The fourth-order valence-electron chi connectivity index (χ4n) is 8.11. The molecule has 0 N–H and O–H groups in total. The molecule has 0 aliphatic carbocycles. The predicted octanol–water partition coefficient (Wildman–Crippen LogP) is 15.7. The summed E-state index contributed by atoms with van der Waals surface area (Å²) in [5.74, 6) is 0. The van der Waals surface area contributed by atoms with Gasteiger partial charge in [-0.2, -0.15) is 0 Å². The maximum atomic E-state index is 6.64. The summed E-state index contributed by atoms with van der Waals surface area (Å²) in [5.41, 5.74) is 10.6. The normalized spacial score (nSPS) is 11.6. The highest BCUT2D eigenvalue weighted by atomic mass is 32.1. The van der Waals surface area contributed by atoms with Crippen molar-refractivity contribution in [1.29, 1.82) is 0 Å². The average Bonchev–Trinajstić information content (AvgIpc) is 3.82. The molecule has 4 heteroatoms. The Morgan fingerprint density at radius 1 is 0.304 bits per heavy atom. The van der Waals surface area contributed by atoms with Crippen molar-refractivity contribution in [2.24, 2.45) is 0 Å². The van der Waals surface area contributed by atoms with Crippen LogP contribution in [0.25, 0.3) is 64.0 Å². The van der Waals surface area contributed by atoms with Crippen LogP contribution < -0.4 is 9.80 Å². The number of thiophene rings is 1. The van der Waals surface area contributed by atoms with Crippen molar-refractivity contribution in [1.82, 2.24) is 0 Å². The zero-order chi connectivity index (χ0) is 37.0. The molecule has 0 unspecified atom stereocenters. The zero-order valence-electron chi connectivity index (χ0n) is 30.3. The van der Waals surface area contributed by atoms with Gasteiger partial charge in [0.25, 0.3) is 0 Å². The average molecular weight is 735 g/mol. The maximum absolute atomic E-state index is 6.64. The van der Waals surface area contributed by atoms with Crippen LogP contribution in [0.4, 0.5) is 34.1 Å². The predicted molar refractivity (Wildman–Crippen MR) is 239 cm³/mol. The molecule has 0 aliphatic heterocycles. The number of benzene rings is 9. The van der Waals surface area contributed by atoms with Crippen molar-refractivity contribution in [2.75, 3.05) is 9.80 Å². The standard InChI is InChI=1S/C52H34N2OS/c1-3-13-39(14-4-1)53(40-15-5-2-6-16-40)42-27-30-49-48(32-42)45-28-25-43(33-50(45)55-49)54(44-26-29-47-46-17-9-10-18-51(46)56-52(47)34-44)41-23-21-36(22-24-41)38-20-19-35-11-7-8-12-37(35)31-38/h1-34H. The van der Waals surface area contributed by atoms with Gasteiger partial charge >= 0.3 is 0 Å². The molecular formula is C52H34N2OS. The monoisotopic (exact) mass is 734 g/mol. The fraction of sp³-hybridized carbons (Fsp3) is 0. The first kappa shape index (κ1) is 32.3. The SMILES string of the molecule is c1ccc(N(c2ccccc2)c2ccc3oc4cc(N(c5ccc(-c6ccc7ccccc7c6)cc5)c5ccc6c(c5)sc5ccccc56)ccc4c3c2)cc1. The Bertz CT molecular complexity index is 3160. The summed E-state index contributed by atoms with van der Waals surface area (Å²) >= 11 is 1.84. The lowest BCUT2D eigenvalue weighted by molar-refractivity contribution is 0.669. The molecular weight excluding hydrogens is 701 g/mol. The minimum absolute atomic E-state index is 0.848. The molecule has 0 spiro atoms. The fourth-order valence-corrected chi connectivity index (χ4v) is 9.25. The van der Waals surface area contributed by atoms with Gasteiger partial charge in [-0.05, 0) is 113 Å². The number of anilines is 6. The van der Waals surface area contributed by atoms with Gasteiger partial charge < -0.3 is 14.2 Å². The van der Waals surface area contributed by atoms with Gasteiger partial charge in [-0.15, -0.1) is 11.3 Å². The lowest BCUT2D eigenvalue weighted by atomic mass is 10.0. The Morgan fingerprint density at radius 3 is 1.64 bits per heavy atom. The lowest BCUT2D eigenvalue weighted by Gasteiger charge is -2.26. The molecule has 11 aromatic rings. The molecule has 11 rings (SSSR count). The minimum Gasteiger partial charge on any atom is -0.456 e. The van der Waals surface area contributed by atoms with Crippen molar-refractivity contribution in [3.05, 3.63) is 206 Å². The highest BCUT2D eigenvalue weighted by Gasteiger charge is 2.19. The van der Waals surface area contributed by atoms with Crippen molar-refractivity contribution in [3.63, 3.8) is 0 Å². The van der Waals surface area contributed by atoms with Crippen molar-refractivity contribution in [2.45, 2.75) is 0 Å². The summed E-state index contributed by atoms with van der Waals surface area (Å²) < 4.78 is 9.20. The zero-order valence-corrected chi connectivity index (χ0v) is 31.2. The second-order valence-electron chi connectivity index (χ2n) is 14.2. The van der Waals surface area contributed by atoms with Crippen LogP contribution in [0.3, 0.4) is 0 Å². The van der Waals surface area contributed by atoms with Gasteiger partial charge in [0.15, 0.2) is 0 Å². The number of fused-ring (bicyclic) bond motifs is 7. The highest BCUT2D eigenvalue weighted by molar-refractivity contribution is 7.25. The topological polar surface area (TPSA) is 19.6 Å². The molecule has 9 aromatic carbocycles. The van der Waals surface area contributed by atoms with Crippen molar-refractivity contribution < 1.29 is 4.42 Å². The molecule has 0 radical (unpaired) electrons. The second-order valence-corrected chi connectivity index (χ2v) is 15.3. The van der Waals surface area contributed by atoms with E-state index < -0.39 is 0 Å². The van der Waals surface area contributed by atoms with Crippen LogP contribution in [0.5, 0.6) is 0 Å². The number of nitrogens with zero attached hydrogens (tertiary/aromatic N) is 2. The largest absolute Gasteiger partial charge is 0.456 e. The van der Waals surface area contributed by atoms with Gasteiger partial charge in [-0.1, -0.05) is 109 Å². The van der Waals surface area contributed by atoms with Gasteiger partial charge in [-0.3, -0.25) is 0 Å². The van der Waals surface area contributed by atoms with Crippen LogP contribution in [0.1, 0.15) is 0 Å². The molecule has 0 amide bonds. The first-order valence-electron chi connectivity index (χ1n) is 18.9. The molecule has 0 atom stereocenters. The van der Waals surface area contributed by atoms with Gasteiger partial charge in [0.1, 0.15) is 11.2 Å². The summed E-state index contributed by atoms with van der Waals surface area (Å²) in [6, 6.07) is 73.8. The molecule has 0 saturated heterocycles. The Kier molecular flexibility index (Phi) is 7.68. The summed E-state index contributed by atoms with van der Waals surface area (Å²) in [6.45, 7) is 0. The van der Waals surface area contributed by atoms with E-state index in [-0.39, 0.29) is 0 Å². The number of hydrogen-bond donors (Lipinski definition) is 0. The Balaban J connectivity index is 1.03. The van der Waals surface area contributed by atoms with E-state index >= 15 is 0 Å². The smallest absolute Gasteiger partial charge is 0.137 e. The van der Waals surface area contributed by atoms with Crippen LogP contribution in [0.2, 0.25) is 0 Å². The summed E-state index contributed by atoms with van der Waals surface area (Å²) in [5, 5.41) is 7.23. The maximum Gasteiger partial charge on any atom is 0.137 e. The van der Waals surface area contributed by atoms with E-state index in [0.29, 0.717) is 0 Å². The van der Waals surface area contributed by atoms with E-state index in [0.717, 1.165) is 56.1 Å². The molecule has 56 heavy (non-hydrogen) atoms. The Labute approximate surface area is 328 Å². The first-order valence-corrected chi connectivity index (χ1v) is 19.7. The Morgan fingerprint density at radius 2 is 0.857 bits per heavy atom. The highest BCUT2D eigenvalue weighted by Crippen LogP contribution is 2.44. The van der Waals surface area contributed by atoms with Gasteiger partial charge in [0.05, 0.1) is 0 Å². The number of para-hydroxylation sites is 2. The number of furan rings is 1. The van der Waals surface area contributed by atoms with E-state index in [9.17, 15) is 0 Å². The molecule has 2 heterocycles. The van der Waals surface area contributed by atoms with Crippen molar-refractivity contribution >= 4 is 98.3 Å². The summed E-state index contributed by atoms with van der Waals surface area (Å²) in [6.07, 6.45) is 0. The molecule has 0 bridgehead atoms. The van der Waals surface area contributed by atoms with E-state index in [1.165, 1.54) is 42.1 Å². The van der Waals surface area contributed by atoms with E-state index in [4.69, 9.17) is 4.42 Å². The summed E-state index contributed by atoms with van der Waals surface area (Å²) in [4.78, 5) is 4.64. The van der Waals surface area contributed by atoms with Crippen LogP contribution >= 0.6 is 11.3 Å². The Hall–Kier alpha value is -7.14. The number of hydrogen-bond acceptors (Lipinski definition) is 4. The molecule has 0 aliphatic rings. The van der Waals surface area contributed by atoms with Crippen LogP contribution in [-0.2, 0) is 0 Å². The van der Waals surface area contributed by atoms with Crippen molar-refractivity contribution in [3.8, 4) is 11.1 Å². The third-order valence-corrected chi connectivity index (χ3v) is 11.9. The van der Waals surface area contributed by atoms with Gasteiger partial charge in [-0.25, -0.2) is 0 Å². The van der Waals surface area contributed by atoms with Crippen LogP contribution in [0, 0.1) is 0 Å². The van der Waals surface area contributed by atoms with E-state index in [1.807, 2.05) is 11.3 Å². The van der Waals surface area contributed by atoms with E-state index in [2.05, 4.69) is 216 Å². The van der Waals surface area contributed by atoms with Gasteiger partial charge in [0, 0.05) is 71.1 Å². The van der Waals surface area contributed by atoms with Crippen LogP contribution in [-0.4, -0.2) is 0 Å². The quantitative estimate of drug-likeness (QED) is 0.163. The molecule has 264 valence electrons. The third-order valence-electron chi connectivity index (χ3n) is 10.8. The minimum atomic E-state index is 0.848. The first-order chi connectivity index (χ1) is 27.7. The summed E-state index contributed by atoms with van der Waals surface area (Å²) in [7, 11) is 0. The third kappa shape index (κ3) is 5.58. The van der Waals surface area contributed by atoms with Crippen LogP contribution in [0.15, 0.2) is 211 Å². The molecule has 3 nitrogen and oxygen atoms in total. The molecule has 0 saturated carbocycles. The number of rotatable bonds is 7.